The zero-order valence-electron chi connectivity index (χ0n) is 12.3. The van der Waals surface area contributed by atoms with Crippen molar-refractivity contribution >= 4 is 15.9 Å². The molecule has 1 aromatic heterocycles. The SMILES string of the molecule is COc1ccc(Cn2nc(OCC3CC3)c(Br)cc2=O)cc1. The average molecular weight is 365 g/mol. The Balaban J connectivity index is 1.78. The number of hydrogen-bond acceptors (Lipinski definition) is 4. The molecule has 0 unspecified atom stereocenters. The van der Waals surface area contributed by atoms with E-state index < -0.39 is 0 Å². The van der Waals surface area contributed by atoms with Crippen LogP contribution >= 0.6 is 15.9 Å². The summed E-state index contributed by atoms with van der Waals surface area (Å²) in [5.41, 5.74) is 0.812. The molecule has 0 aliphatic heterocycles. The van der Waals surface area contributed by atoms with Gasteiger partial charge in [-0.2, -0.15) is 0 Å². The molecule has 0 atom stereocenters. The van der Waals surface area contributed by atoms with E-state index in [0.29, 0.717) is 29.4 Å². The van der Waals surface area contributed by atoms with Crippen LogP contribution in [0.4, 0.5) is 0 Å². The molecular formula is C16H17BrN2O3. The van der Waals surface area contributed by atoms with Crippen molar-refractivity contribution in [3.8, 4) is 11.6 Å². The van der Waals surface area contributed by atoms with Gasteiger partial charge in [0.2, 0.25) is 5.88 Å². The van der Waals surface area contributed by atoms with Gasteiger partial charge in [0.15, 0.2) is 0 Å². The van der Waals surface area contributed by atoms with Crippen LogP contribution in [-0.2, 0) is 6.54 Å². The third-order valence-corrected chi connectivity index (χ3v) is 4.13. The second kappa shape index (κ2) is 6.52. The summed E-state index contributed by atoms with van der Waals surface area (Å²) in [7, 11) is 1.62. The van der Waals surface area contributed by atoms with Crippen LogP contribution in [0.15, 0.2) is 39.6 Å². The fourth-order valence-corrected chi connectivity index (χ4v) is 2.44. The Kier molecular flexibility index (Phi) is 4.47. The van der Waals surface area contributed by atoms with E-state index in [1.54, 1.807) is 7.11 Å². The maximum Gasteiger partial charge on any atom is 0.268 e. The first-order valence-electron chi connectivity index (χ1n) is 7.19. The molecule has 1 heterocycles. The summed E-state index contributed by atoms with van der Waals surface area (Å²) in [4.78, 5) is 12.1. The van der Waals surface area contributed by atoms with Crippen LogP contribution in [0.3, 0.4) is 0 Å². The van der Waals surface area contributed by atoms with Crippen molar-refractivity contribution in [1.29, 1.82) is 0 Å². The highest BCUT2D eigenvalue weighted by atomic mass is 79.9. The maximum atomic E-state index is 12.1. The molecule has 0 radical (unpaired) electrons. The lowest BCUT2D eigenvalue weighted by atomic mass is 10.2. The first kappa shape index (κ1) is 15.1. The smallest absolute Gasteiger partial charge is 0.268 e. The number of nitrogens with zero attached hydrogens (tertiary/aromatic N) is 2. The molecule has 1 aromatic carbocycles. The summed E-state index contributed by atoms with van der Waals surface area (Å²) >= 11 is 3.34. The lowest BCUT2D eigenvalue weighted by molar-refractivity contribution is 0.277. The van der Waals surface area contributed by atoms with E-state index in [0.717, 1.165) is 11.3 Å². The summed E-state index contributed by atoms with van der Waals surface area (Å²) in [6, 6.07) is 9.06. The van der Waals surface area contributed by atoms with Gasteiger partial charge in [-0.05, 0) is 52.4 Å². The molecule has 0 bridgehead atoms. The minimum Gasteiger partial charge on any atom is -0.497 e. The average Bonchev–Trinajstić information content (AvgIpc) is 3.34. The Morgan fingerprint density at radius 2 is 2.05 bits per heavy atom. The summed E-state index contributed by atoms with van der Waals surface area (Å²) < 4.78 is 12.8. The van der Waals surface area contributed by atoms with Crippen molar-refractivity contribution < 1.29 is 9.47 Å². The first-order valence-corrected chi connectivity index (χ1v) is 7.98. The van der Waals surface area contributed by atoms with Crippen molar-refractivity contribution in [3.63, 3.8) is 0 Å². The quantitative estimate of drug-likeness (QED) is 0.790. The van der Waals surface area contributed by atoms with E-state index >= 15 is 0 Å². The van der Waals surface area contributed by atoms with Gasteiger partial charge in [-0.25, -0.2) is 4.68 Å². The second-order valence-corrected chi connectivity index (χ2v) is 6.25. The fourth-order valence-electron chi connectivity index (χ4n) is 2.05. The number of rotatable bonds is 6. The Bertz CT molecular complexity index is 708. The lowest BCUT2D eigenvalue weighted by Gasteiger charge is -2.10. The third kappa shape index (κ3) is 3.68. The lowest BCUT2D eigenvalue weighted by Crippen LogP contribution is -2.23. The van der Waals surface area contributed by atoms with Crippen molar-refractivity contribution in [2.45, 2.75) is 19.4 Å². The van der Waals surface area contributed by atoms with Gasteiger partial charge >= 0.3 is 0 Å². The summed E-state index contributed by atoms with van der Waals surface area (Å²) in [5.74, 6) is 1.89. The number of methoxy groups -OCH3 is 1. The second-order valence-electron chi connectivity index (χ2n) is 5.40. The fraction of sp³-hybridized carbons (Fsp3) is 0.375. The molecule has 1 aliphatic carbocycles. The minimum atomic E-state index is -0.165. The molecule has 0 N–H and O–H groups in total. The molecule has 5 nitrogen and oxygen atoms in total. The zero-order chi connectivity index (χ0) is 15.5. The molecule has 3 rings (SSSR count). The Morgan fingerprint density at radius 3 is 2.68 bits per heavy atom. The van der Waals surface area contributed by atoms with Gasteiger partial charge in [0.25, 0.3) is 5.56 Å². The van der Waals surface area contributed by atoms with Crippen LogP contribution in [-0.4, -0.2) is 23.5 Å². The summed E-state index contributed by atoms with van der Waals surface area (Å²) in [6.45, 7) is 1.06. The van der Waals surface area contributed by atoms with Crippen molar-refractivity contribution in [1.82, 2.24) is 9.78 Å². The number of hydrogen-bond donors (Lipinski definition) is 0. The normalized spacial score (nSPS) is 13.9. The third-order valence-electron chi connectivity index (χ3n) is 3.56. The topological polar surface area (TPSA) is 53.4 Å². The van der Waals surface area contributed by atoms with Gasteiger partial charge in [-0.3, -0.25) is 4.79 Å². The highest BCUT2D eigenvalue weighted by molar-refractivity contribution is 9.10. The van der Waals surface area contributed by atoms with E-state index in [1.807, 2.05) is 24.3 Å². The molecule has 116 valence electrons. The molecule has 22 heavy (non-hydrogen) atoms. The zero-order valence-corrected chi connectivity index (χ0v) is 13.9. The standard InChI is InChI=1S/C16H17BrN2O3/c1-21-13-6-4-11(5-7-13)9-19-15(20)8-14(17)16(18-19)22-10-12-2-3-12/h4-8,12H,2-3,9-10H2,1H3. The van der Waals surface area contributed by atoms with Crippen LogP contribution in [0, 0.1) is 5.92 Å². The van der Waals surface area contributed by atoms with Gasteiger partial charge < -0.3 is 9.47 Å². The molecule has 2 aromatic rings. The number of aromatic nitrogens is 2. The predicted octanol–water partition coefficient (Wildman–Crippen LogP) is 2.85. The van der Waals surface area contributed by atoms with Crippen LogP contribution in [0.1, 0.15) is 18.4 Å². The molecule has 1 saturated carbocycles. The maximum absolute atomic E-state index is 12.1. The molecule has 6 heteroatoms. The van der Waals surface area contributed by atoms with Gasteiger partial charge in [-0.1, -0.05) is 12.1 Å². The Labute approximate surface area is 137 Å². The Hall–Kier alpha value is -1.82. The van der Waals surface area contributed by atoms with Gasteiger partial charge in [-0.15, -0.1) is 5.10 Å². The highest BCUT2D eigenvalue weighted by Crippen LogP contribution is 2.30. The van der Waals surface area contributed by atoms with Crippen LogP contribution in [0.25, 0.3) is 0 Å². The van der Waals surface area contributed by atoms with E-state index in [-0.39, 0.29) is 5.56 Å². The van der Waals surface area contributed by atoms with Crippen LogP contribution < -0.4 is 15.0 Å². The van der Waals surface area contributed by atoms with Crippen LogP contribution in [0.5, 0.6) is 11.6 Å². The van der Waals surface area contributed by atoms with Crippen molar-refractivity contribution in [2.24, 2.45) is 5.92 Å². The monoisotopic (exact) mass is 364 g/mol. The predicted molar refractivity (Wildman–Crippen MR) is 86.5 cm³/mol. The van der Waals surface area contributed by atoms with E-state index in [9.17, 15) is 4.79 Å². The highest BCUT2D eigenvalue weighted by Gasteiger charge is 2.23. The summed E-state index contributed by atoms with van der Waals surface area (Å²) in [6.07, 6.45) is 2.42. The van der Waals surface area contributed by atoms with Crippen LogP contribution in [0.2, 0.25) is 0 Å². The van der Waals surface area contributed by atoms with E-state index in [1.165, 1.54) is 23.6 Å². The minimum absolute atomic E-state index is 0.165. The largest absolute Gasteiger partial charge is 0.497 e. The summed E-state index contributed by atoms with van der Waals surface area (Å²) in [5, 5.41) is 4.31. The molecule has 0 saturated heterocycles. The van der Waals surface area contributed by atoms with Gasteiger partial charge in [0.1, 0.15) is 5.75 Å². The van der Waals surface area contributed by atoms with Crippen molar-refractivity contribution in [3.05, 3.63) is 50.7 Å². The number of benzene rings is 1. The molecule has 1 aliphatic rings. The Morgan fingerprint density at radius 1 is 1.32 bits per heavy atom. The van der Waals surface area contributed by atoms with Crippen molar-refractivity contribution in [2.75, 3.05) is 13.7 Å². The molecular weight excluding hydrogens is 348 g/mol. The first-order chi connectivity index (χ1) is 10.7. The van der Waals surface area contributed by atoms with Gasteiger partial charge in [0, 0.05) is 6.07 Å². The number of halogens is 1. The molecule has 0 spiro atoms. The van der Waals surface area contributed by atoms with E-state index in [2.05, 4.69) is 21.0 Å². The number of ether oxygens (including phenoxy) is 2. The molecule has 1 fully saturated rings. The van der Waals surface area contributed by atoms with Gasteiger partial charge in [0.05, 0.1) is 24.7 Å². The molecule has 0 amide bonds. The van der Waals surface area contributed by atoms with E-state index in [4.69, 9.17) is 9.47 Å².